The van der Waals surface area contributed by atoms with Crippen LogP contribution in [0.3, 0.4) is 0 Å². The number of ketones is 1. The van der Waals surface area contributed by atoms with Crippen molar-refractivity contribution in [2.24, 2.45) is 5.92 Å². The van der Waals surface area contributed by atoms with Crippen molar-refractivity contribution in [3.63, 3.8) is 0 Å². The van der Waals surface area contributed by atoms with E-state index in [1.807, 2.05) is 13.8 Å². The molecule has 0 aliphatic carbocycles. The van der Waals surface area contributed by atoms with Gasteiger partial charge in [0.1, 0.15) is 0 Å². The molecule has 0 aromatic heterocycles. The third-order valence-electron chi connectivity index (χ3n) is 1.61. The molecule has 1 fully saturated rings. The van der Waals surface area contributed by atoms with E-state index in [0.717, 1.165) is 0 Å². The maximum Gasteiger partial charge on any atom is 0.164 e. The summed E-state index contributed by atoms with van der Waals surface area (Å²) < 4.78 is 0. The van der Waals surface area contributed by atoms with E-state index >= 15 is 0 Å². The minimum atomic E-state index is -0.0625. The number of hydrogen-bond acceptors (Lipinski definition) is 2. The molecule has 0 saturated carbocycles. The van der Waals surface area contributed by atoms with Crippen LogP contribution in [0.15, 0.2) is 0 Å². The number of Topliss-reactive ketones (excluding diaryl/α,β-unsaturated/α-hetero) is 1. The van der Waals surface area contributed by atoms with Crippen LogP contribution in [0.25, 0.3) is 0 Å². The maximum absolute atomic E-state index is 11.0. The topological polar surface area (TPSA) is 29.1 Å². The fourth-order valence-corrected chi connectivity index (χ4v) is 1.21. The molecule has 9 heavy (non-hydrogen) atoms. The second kappa shape index (κ2) is 2.06. The van der Waals surface area contributed by atoms with Crippen molar-refractivity contribution >= 4 is 23.0 Å². The van der Waals surface area contributed by atoms with Crippen LogP contribution in [0.1, 0.15) is 13.8 Å². The van der Waals surface area contributed by atoms with Crippen LogP contribution < -0.4 is 5.32 Å². The highest BCUT2D eigenvalue weighted by molar-refractivity contribution is 7.80. The van der Waals surface area contributed by atoms with Gasteiger partial charge in [-0.25, -0.2) is 0 Å². The van der Waals surface area contributed by atoms with Gasteiger partial charge in [0, 0.05) is 0 Å². The summed E-state index contributed by atoms with van der Waals surface area (Å²) in [6.07, 6.45) is 0. The van der Waals surface area contributed by atoms with E-state index in [1.165, 1.54) is 0 Å². The summed E-state index contributed by atoms with van der Waals surface area (Å²) in [6, 6.07) is -0.0625. The fourth-order valence-electron chi connectivity index (χ4n) is 0.914. The zero-order chi connectivity index (χ0) is 7.02. The number of carbonyl (C=O) groups is 1. The van der Waals surface area contributed by atoms with Crippen molar-refractivity contribution < 1.29 is 4.79 Å². The van der Waals surface area contributed by atoms with Crippen LogP contribution in [0, 0.1) is 5.92 Å². The van der Waals surface area contributed by atoms with Gasteiger partial charge in [-0.05, 0) is 13.8 Å². The molecule has 50 valence electrons. The van der Waals surface area contributed by atoms with Crippen molar-refractivity contribution in [1.29, 1.82) is 0 Å². The molecule has 2 unspecified atom stereocenters. The normalized spacial score (nSPS) is 34.9. The van der Waals surface area contributed by atoms with Gasteiger partial charge >= 0.3 is 0 Å². The Morgan fingerprint density at radius 3 is 2.22 bits per heavy atom. The van der Waals surface area contributed by atoms with E-state index in [9.17, 15) is 4.79 Å². The smallest absolute Gasteiger partial charge is 0.164 e. The van der Waals surface area contributed by atoms with Gasteiger partial charge in [-0.3, -0.25) is 4.79 Å². The van der Waals surface area contributed by atoms with Crippen molar-refractivity contribution in [2.75, 3.05) is 0 Å². The third-order valence-corrected chi connectivity index (χ3v) is 2.08. The monoisotopic (exact) mass is 143 g/mol. The van der Waals surface area contributed by atoms with Gasteiger partial charge in [0.15, 0.2) is 5.78 Å². The summed E-state index contributed by atoms with van der Waals surface area (Å²) >= 11 is 4.86. The SMILES string of the molecule is CC1NC(=S)C(C)C1=O. The molecule has 1 heterocycles. The molecule has 1 saturated heterocycles. The molecule has 0 spiro atoms. The lowest BCUT2D eigenvalue weighted by atomic mass is 10.1. The molecule has 0 aromatic rings. The molecule has 0 bridgehead atoms. The molecule has 1 aliphatic rings. The summed E-state index contributed by atoms with van der Waals surface area (Å²) in [5.74, 6) is 0.148. The van der Waals surface area contributed by atoms with Crippen LogP contribution in [-0.4, -0.2) is 16.8 Å². The Kier molecular flexibility index (Phi) is 1.53. The fraction of sp³-hybridized carbons (Fsp3) is 0.667. The number of carbonyl (C=O) groups excluding carboxylic acids is 1. The Morgan fingerprint density at radius 2 is 2.11 bits per heavy atom. The molecule has 1 N–H and O–H groups in total. The Bertz CT molecular complexity index is 166. The average Bonchev–Trinajstić information content (AvgIpc) is 1.98. The molecule has 3 heteroatoms. The van der Waals surface area contributed by atoms with Crippen molar-refractivity contribution in [3.05, 3.63) is 0 Å². The highest BCUT2D eigenvalue weighted by atomic mass is 32.1. The lowest BCUT2D eigenvalue weighted by Gasteiger charge is -1.96. The lowest BCUT2D eigenvalue weighted by molar-refractivity contribution is -0.120. The van der Waals surface area contributed by atoms with Gasteiger partial charge in [0.25, 0.3) is 0 Å². The predicted molar refractivity (Wildman–Crippen MR) is 39.4 cm³/mol. The largest absolute Gasteiger partial charge is 0.370 e. The van der Waals surface area contributed by atoms with E-state index in [1.54, 1.807) is 0 Å². The maximum atomic E-state index is 11.0. The van der Waals surface area contributed by atoms with E-state index in [-0.39, 0.29) is 17.7 Å². The molecule has 2 atom stereocenters. The highest BCUT2D eigenvalue weighted by Crippen LogP contribution is 2.10. The standard InChI is InChI=1S/C6H9NOS/c1-3-5(8)4(2)7-6(3)9/h3-4H,1-2H3,(H,7,9). The quantitative estimate of drug-likeness (QED) is 0.501. The first-order valence-electron chi connectivity index (χ1n) is 2.97. The van der Waals surface area contributed by atoms with E-state index < -0.39 is 0 Å². The van der Waals surface area contributed by atoms with Crippen LogP contribution in [0.4, 0.5) is 0 Å². The van der Waals surface area contributed by atoms with Crippen LogP contribution >= 0.6 is 12.2 Å². The number of nitrogens with one attached hydrogen (secondary N) is 1. The first-order valence-corrected chi connectivity index (χ1v) is 3.38. The molecule has 0 aromatic carbocycles. The van der Waals surface area contributed by atoms with Gasteiger partial charge in [-0.15, -0.1) is 0 Å². The first-order chi connectivity index (χ1) is 4.13. The summed E-state index contributed by atoms with van der Waals surface area (Å²) in [5.41, 5.74) is 0. The Hall–Kier alpha value is -0.440. The van der Waals surface area contributed by atoms with Gasteiger partial charge in [-0.1, -0.05) is 12.2 Å². The van der Waals surface area contributed by atoms with Crippen molar-refractivity contribution in [2.45, 2.75) is 19.9 Å². The minimum Gasteiger partial charge on any atom is -0.370 e. The number of thiocarbonyl (C=S) groups is 1. The molecule has 1 rings (SSSR count). The van der Waals surface area contributed by atoms with E-state index in [4.69, 9.17) is 12.2 Å². The second-order valence-electron chi connectivity index (χ2n) is 2.35. The minimum absolute atomic E-state index is 0.0602. The van der Waals surface area contributed by atoms with Gasteiger partial charge < -0.3 is 5.32 Å². The van der Waals surface area contributed by atoms with Crippen molar-refractivity contribution in [1.82, 2.24) is 5.32 Å². The summed E-state index contributed by atoms with van der Waals surface area (Å²) in [4.78, 5) is 11.7. The molecule has 2 nitrogen and oxygen atoms in total. The Balaban J connectivity index is 2.77. The van der Waals surface area contributed by atoms with E-state index in [0.29, 0.717) is 4.99 Å². The molecule has 0 amide bonds. The molecular formula is C6H9NOS. The second-order valence-corrected chi connectivity index (χ2v) is 2.79. The zero-order valence-corrected chi connectivity index (χ0v) is 6.29. The van der Waals surface area contributed by atoms with Gasteiger partial charge in [-0.2, -0.15) is 0 Å². The Morgan fingerprint density at radius 1 is 1.56 bits per heavy atom. The molecule has 1 aliphatic heterocycles. The number of rotatable bonds is 0. The van der Waals surface area contributed by atoms with Gasteiger partial charge in [0.05, 0.1) is 16.9 Å². The Labute approximate surface area is 59.6 Å². The average molecular weight is 143 g/mol. The zero-order valence-electron chi connectivity index (χ0n) is 5.47. The highest BCUT2D eigenvalue weighted by Gasteiger charge is 2.30. The van der Waals surface area contributed by atoms with Crippen LogP contribution in [-0.2, 0) is 4.79 Å². The summed E-state index contributed by atoms with van der Waals surface area (Å²) in [7, 11) is 0. The van der Waals surface area contributed by atoms with Crippen molar-refractivity contribution in [3.8, 4) is 0 Å². The molecule has 0 radical (unpaired) electrons. The third kappa shape index (κ3) is 0.965. The predicted octanol–water partition coefficient (Wildman–Crippen LogP) is 0.511. The number of hydrogen-bond donors (Lipinski definition) is 1. The van der Waals surface area contributed by atoms with Gasteiger partial charge in [0.2, 0.25) is 0 Å². The summed E-state index contributed by atoms with van der Waals surface area (Å²) in [6.45, 7) is 3.67. The lowest BCUT2D eigenvalue weighted by Crippen LogP contribution is -2.24. The summed E-state index contributed by atoms with van der Waals surface area (Å²) in [5, 5.41) is 2.90. The van der Waals surface area contributed by atoms with E-state index in [2.05, 4.69) is 5.32 Å². The van der Waals surface area contributed by atoms with Crippen LogP contribution in [0.2, 0.25) is 0 Å². The first kappa shape index (κ1) is 6.68. The molecular weight excluding hydrogens is 134 g/mol. The van der Waals surface area contributed by atoms with Crippen LogP contribution in [0.5, 0.6) is 0 Å².